The van der Waals surface area contributed by atoms with Crippen LogP contribution in [-0.4, -0.2) is 12.3 Å². The summed E-state index contributed by atoms with van der Waals surface area (Å²) in [5.41, 5.74) is -0.146. The summed E-state index contributed by atoms with van der Waals surface area (Å²) in [7, 11) is -3.62. The minimum absolute atomic E-state index is 0.146. The maximum atomic E-state index is 12.0. The molecule has 0 bridgehead atoms. The van der Waals surface area contributed by atoms with Crippen LogP contribution in [0, 0.1) is 0 Å². The van der Waals surface area contributed by atoms with E-state index in [4.69, 9.17) is 0 Å². The summed E-state index contributed by atoms with van der Waals surface area (Å²) < 4.78 is 24.1. The molecule has 0 aromatic rings. The topological polar surface area (TPSA) is 0 Å². The van der Waals surface area contributed by atoms with Crippen molar-refractivity contribution in [2.45, 2.75) is 18.5 Å². The second kappa shape index (κ2) is 1.38. The van der Waals surface area contributed by atoms with Crippen molar-refractivity contribution in [1.82, 2.24) is 0 Å². The predicted molar refractivity (Wildman–Crippen MR) is 29.5 cm³/mol. The molecule has 0 spiro atoms. The van der Waals surface area contributed by atoms with E-state index in [9.17, 15) is 8.39 Å². The SMILES string of the molecule is C[PH](F)(F)C1CC1. The van der Waals surface area contributed by atoms with Gasteiger partial charge in [-0.05, 0) is 0 Å². The number of rotatable bonds is 1. The zero-order valence-corrected chi connectivity index (χ0v) is 5.25. The van der Waals surface area contributed by atoms with Gasteiger partial charge in [0.1, 0.15) is 0 Å². The summed E-state index contributed by atoms with van der Waals surface area (Å²) in [6.45, 7) is 1.13. The van der Waals surface area contributed by atoms with Crippen LogP contribution in [0.4, 0.5) is 8.39 Å². The van der Waals surface area contributed by atoms with Gasteiger partial charge in [0.25, 0.3) is 0 Å². The summed E-state index contributed by atoms with van der Waals surface area (Å²) >= 11 is 0. The Hall–Kier alpha value is 0.290. The van der Waals surface area contributed by atoms with Crippen LogP contribution in [-0.2, 0) is 0 Å². The molecule has 0 saturated heterocycles. The third-order valence-electron chi connectivity index (χ3n) is 1.29. The molecule has 1 aliphatic rings. The van der Waals surface area contributed by atoms with E-state index in [0.717, 1.165) is 19.5 Å². The van der Waals surface area contributed by atoms with E-state index >= 15 is 0 Å². The first kappa shape index (κ1) is 5.43. The molecule has 1 rings (SSSR count). The first-order valence-corrected chi connectivity index (χ1v) is 4.82. The van der Waals surface area contributed by atoms with E-state index < -0.39 is 7.88 Å². The third-order valence-corrected chi connectivity index (χ3v) is 3.31. The van der Waals surface area contributed by atoms with Crippen molar-refractivity contribution in [2.24, 2.45) is 0 Å². The Balaban J connectivity index is 2.36. The Morgan fingerprint density at radius 1 is 1.43 bits per heavy atom. The molecule has 0 aliphatic heterocycles. The van der Waals surface area contributed by atoms with Crippen LogP contribution in [0.3, 0.4) is 0 Å². The summed E-state index contributed by atoms with van der Waals surface area (Å²) in [4.78, 5) is 0. The molecule has 0 N–H and O–H groups in total. The molecule has 44 valence electrons. The minimum atomic E-state index is -3.62. The fourth-order valence-corrected chi connectivity index (χ4v) is 1.77. The Kier molecular flexibility index (Phi) is 1.07. The number of hydrogen-bond acceptors (Lipinski definition) is 0. The van der Waals surface area contributed by atoms with Gasteiger partial charge in [0.2, 0.25) is 0 Å². The number of halogens is 2. The third kappa shape index (κ3) is 1.34. The van der Waals surface area contributed by atoms with Gasteiger partial charge >= 0.3 is 41.4 Å². The monoisotopic (exact) mass is 126 g/mol. The fraction of sp³-hybridized carbons (Fsp3) is 1.00. The molecule has 0 atom stereocenters. The summed E-state index contributed by atoms with van der Waals surface area (Å²) in [5.74, 6) is 0. The molecule has 0 nitrogen and oxygen atoms in total. The molecular weight excluding hydrogens is 117 g/mol. The van der Waals surface area contributed by atoms with E-state index in [-0.39, 0.29) is 5.66 Å². The van der Waals surface area contributed by atoms with Crippen LogP contribution in [0.2, 0.25) is 0 Å². The van der Waals surface area contributed by atoms with Crippen molar-refractivity contribution >= 4 is 7.88 Å². The van der Waals surface area contributed by atoms with Crippen molar-refractivity contribution < 1.29 is 8.39 Å². The first-order valence-electron chi connectivity index (χ1n) is 2.48. The second-order valence-electron chi connectivity index (χ2n) is 2.23. The Morgan fingerprint density at radius 2 is 1.86 bits per heavy atom. The van der Waals surface area contributed by atoms with E-state index in [1.807, 2.05) is 0 Å². The van der Waals surface area contributed by atoms with Crippen LogP contribution >= 0.6 is 7.88 Å². The molecular formula is C4H9F2P. The van der Waals surface area contributed by atoms with Crippen molar-refractivity contribution in [1.29, 1.82) is 0 Å². The molecule has 0 heterocycles. The molecule has 0 amide bonds. The van der Waals surface area contributed by atoms with Crippen LogP contribution in [0.5, 0.6) is 0 Å². The maximum absolute atomic E-state index is 12.0. The molecule has 0 radical (unpaired) electrons. The molecule has 0 unspecified atom stereocenters. The molecule has 0 aromatic carbocycles. The van der Waals surface area contributed by atoms with Gasteiger partial charge in [-0.25, -0.2) is 0 Å². The second-order valence-corrected chi connectivity index (χ2v) is 4.96. The summed E-state index contributed by atoms with van der Waals surface area (Å²) in [5, 5.41) is 0. The first-order chi connectivity index (χ1) is 3.11. The standard InChI is InChI=1S/C4H9F2P/c1-7(5,6)4-2-3-4/h4,7H,2-3H2,1H3. The Labute approximate surface area is 42.5 Å². The van der Waals surface area contributed by atoms with Crippen molar-refractivity contribution in [3.8, 4) is 0 Å². The summed E-state index contributed by atoms with van der Waals surface area (Å²) in [6, 6.07) is 0. The number of hydrogen-bond donors (Lipinski definition) is 0. The van der Waals surface area contributed by atoms with Gasteiger partial charge < -0.3 is 0 Å². The van der Waals surface area contributed by atoms with E-state index in [1.54, 1.807) is 0 Å². The van der Waals surface area contributed by atoms with Crippen molar-refractivity contribution in [2.75, 3.05) is 6.66 Å². The van der Waals surface area contributed by atoms with E-state index in [2.05, 4.69) is 0 Å². The van der Waals surface area contributed by atoms with Crippen LogP contribution in [0.25, 0.3) is 0 Å². The zero-order valence-electron chi connectivity index (χ0n) is 4.25. The van der Waals surface area contributed by atoms with Gasteiger partial charge in [-0.1, -0.05) is 0 Å². The van der Waals surface area contributed by atoms with E-state index in [0.29, 0.717) is 0 Å². The molecule has 0 aromatic heterocycles. The Morgan fingerprint density at radius 3 is 1.86 bits per heavy atom. The van der Waals surface area contributed by atoms with E-state index in [1.165, 1.54) is 0 Å². The normalized spacial score (nSPS) is 25.0. The van der Waals surface area contributed by atoms with Gasteiger partial charge in [-0.3, -0.25) is 0 Å². The molecule has 1 saturated carbocycles. The van der Waals surface area contributed by atoms with Crippen molar-refractivity contribution in [3.63, 3.8) is 0 Å². The Bertz CT molecular complexity index is 72.2. The van der Waals surface area contributed by atoms with Gasteiger partial charge in [-0.15, -0.1) is 0 Å². The van der Waals surface area contributed by atoms with Gasteiger partial charge in [-0.2, -0.15) is 0 Å². The average Bonchev–Trinajstić information content (AvgIpc) is 1.99. The molecule has 3 heteroatoms. The summed E-state index contributed by atoms with van der Waals surface area (Å²) in [6.07, 6.45) is 1.57. The molecule has 7 heavy (non-hydrogen) atoms. The van der Waals surface area contributed by atoms with Crippen molar-refractivity contribution in [3.05, 3.63) is 0 Å². The molecule has 1 aliphatic carbocycles. The van der Waals surface area contributed by atoms with Gasteiger partial charge in [0.05, 0.1) is 0 Å². The van der Waals surface area contributed by atoms with Crippen LogP contribution in [0.1, 0.15) is 12.8 Å². The zero-order chi connectivity index (χ0) is 5.49. The quantitative estimate of drug-likeness (QED) is 0.473. The predicted octanol–water partition coefficient (Wildman–Crippen LogP) is 2.30. The van der Waals surface area contributed by atoms with Crippen LogP contribution < -0.4 is 0 Å². The van der Waals surface area contributed by atoms with Crippen LogP contribution in [0.15, 0.2) is 0 Å². The average molecular weight is 126 g/mol. The fourth-order valence-electron chi connectivity index (χ4n) is 0.590. The van der Waals surface area contributed by atoms with Gasteiger partial charge in [0.15, 0.2) is 0 Å². The molecule has 1 fully saturated rings. The van der Waals surface area contributed by atoms with Gasteiger partial charge in [0, 0.05) is 0 Å².